The summed E-state index contributed by atoms with van der Waals surface area (Å²) < 4.78 is 12.6. The summed E-state index contributed by atoms with van der Waals surface area (Å²) in [6.45, 7) is 2.82. The van der Waals surface area contributed by atoms with Crippen LogP contribution in [0, 0.1) is 5.82 Å². The molecule has 0 aliphatic heterocycles. The molecule has 0 heterocycles. The molecule has 2 N–H and O–H groups in total. The Bertz CT molecular complexity index is 398. The highest BCUT2D eigenvalue weighted by atomic mass is 19.1. The minimum atomic E-state index is -0.898. The molecule has 4 heteroatoms. The van der Waals surface area contributed by atoms with Crippen LogP contribution in [0.15, 0.2) is 35.9 Å². The van der Waals surface area contributed by atoms with Gasteiger partial charge in [0.05, 0.1) is 0 Å². The minimum Gasteiger partial charge on any atom is -0.478 e. The number of hydrogen-bond acceptors (Lipinski definition) is 2. The first-order valence-electron chi connectivity index (χ1n) is 5.45. The summed E-state index contributed by atoms with van der Waals surface area (Å²) >= 11 is 0. The molecule has 3 nitrogen and oxygen atoms in total. The highest BCUT2D eigenvalue weighted by Gasteiger charge is 1.97. The monoisotopic (exact) mass is 237 g/mol. The van der Waals surface area contributed by atoms with Crippen molar-refractivity contribution in [2.45, 2.75) is 13.3 Å². The van der Waals surface area contributed by atoms with Gasteiger partial charge in [-0.2, -0.15) is 0 Å². The van der Waals surface area contributed by atoms with Gasteiger partial charge in [-0.1, -0.05) is 18.2 Å². The summed E-state index contributed by atoms with van der Waals surface area (Å²) in [7, 11) is 0. The van der Waals surface area contributed by atoms with Gasteiger partial charge in [-0.3, -0.25) is 0 Å². The van der Waals surface area contributed by atoms with Crippen LogP contribution in [0.3, 0.4) is 0 Å². The molecule has 0 amide bonds. The number of aliphatic carboxylic acids is 1. The second-order valence-electron chi connectivity index (χ2n) is 3.77. The molecule has 0 radical (unpaired) electrons. The Hall–Kier alpha value is -1.68. The zero-order valence-electron chi connectivity index (χ0n) is 9.74. The summed E-state index contributed by atoms with van der Waals surface area (Å²) in [5.41, 5.74) is 1.39. The van der Waals surface area contributed by atoms with Gasteiger partial charge in [-0.15, -0.1) is 0 Å². The SMILES string of the molecule is C/C(=C/CNCCc1ccc(F)cc1)C(=O)O. The first kappa shape index (κ1) is 13.4. The maximum absolute atomic E-state index is 12.6. The molecule has 0 spiro atoms. The fourth-order valence-corrected chi connectivity index (χ4v) is 1.30. The second-order valence-corrected chi connectivity index (χ2v) is 3.77. The highest BCUT2D eigenvalue weighted by Crippen LogP contribution is 2.02. The molecule has 0 bridgehead atoms. The number of benzene rings is 1. The number of rotatable bonds is 6. The van der Waals surface area contributed by atoms with Crippen LogP contribution in [0.2, 0.25) is 0 Å². The van der Waals surface area contributed by atoms with Gasteiger partial charge >= 0.3 is 5.97 Å². The van der Waals surface area contributed by atoms with Crippen molar-refractivity contribution in [3.8, 4) is 0 Å². The smallest absolute Gasteiger partial charge is 0.330 e. The number of carboxylic acids is 1. The van der Waals surface area contributed by atoms with Gasteiger partial charge in [0.2, 0.25) is 0 Å². The normalized spacial score (nSPS) is 11.5. The Balaban J connectivity index is 2.23. The van der Waals surface area contributed by atoms with E-state index in [1.165, 1.54) is 12.1 Å². The fraction of sp³-hybridized carbons (Fsp3) is 0.308. The van der Waals surface area contributed by atoms with Crippen molar-refractivity contribution in [1.29, 1.82) is 0 Å². The predicted molar refractivity (Wildman–Crippen MR) is 64.4 cm³/mol. The zero-order chi connectivity index (χ0) is 12.7. The predicted octanol–water partition coefficient (Wildman–Crippen LogP) is 1.99. The molecule has 0 aliphatic carbocycles. The lowest BCUT2D eigenvalue weighted by molar-refractivity contribution is -0.132. The van der Waals surface area contributed by atoms with E-state index < -0.39 is 5.97 Å². The molecule has 1 aromatic carbocycles. The van der Waals surface area contributed by atoms with Crippen molar-refractivity contribution in [2.75, 3.05) is 13.1 Å². The average Bonchev–Trinajstić information content (AvgIpc) is 2.30. The van der Waals surface area contributed by atoms with Crippen molar-refractivity contribution < 1.29 is 14.3 Å². The molecule has 0 saturated heterocycles. The van der Waals surface area contributed by atoms with E-state index in [0.717, 1.165) is 18.5 Å². The van der Waals surface area contributed by atoms with Crippen LogP contribution in [0.5, 0.6) is 0 Å². The van der Waals surface area contributed by atoms with Crippen molar-refractivity contribution in [1.82, 2.24) is 5.32 Å². The molecule has 17 heavy (non-hydrogen) atoms. The van der Waals surface area contributed by atoms with Gasteiger partial charge in [0.1, 0.15) is 5.82 Å². The van der Waals surface area contributed by atoms with E-state index in [0.29, 0.717) is 12.1 Å². The van der Waals surface area contributed by atoms with E-state index in [-0.39, 0.29) is 5.82 Å². The van der Waals surface area contributed by atoms with Gasteiger partial charge < -0.3 is 10.4 Å². The van der Waals surface area contributed by atoms with Gasteiger partial charge in [0, 0.05) is 12.1 Å². The molecule has 1 rings (SSSR count). The topological polar surface area (TPSA) is 49.3 Å². The number of carboxylic acid groups (broad SMARTS) is 1. The average molecular weight is 237 g/mol. The van der Waals surface area contributed by atoms with Gasteiger partial charge in [-0.05, 0) is 37.6 Å². The lowest BCUT2D eigenvalue weighted by Gasteiger charge is -2.02. The summed E-state index contributed by atoms with van der Waals surface area (Å²) in [4.78, 5) is 10.5. The van der Waals surface area contributed by atoms with E-state index in [4.69, 9.17) is 5.11 Å². The molecule has 0 fully saturated rings. The van der Waals surface area contributed by atoms with Gasteiger partial charge in [-0.25, -0.2) is 9.18 Å². The van der Waals surface area contributed by atoms with Crippen LogP contribution in [0.4, 0.5) is 4.39 Å². The van der Waals surface area contributed by atoms with Crippen molar-refractivity contribution in [2.24, 2.45) is 0 Å². The van der Waals surface area contributed by atoms with Crippen LogP contribution in [-0.4, -0.2) is 24.2 Å². The van der Waals surface area contributed by atoms with Gasteiger partial charge in [0.15, 0.2) is 0 Å². The molecular formula is C13H16FNO2. The molecule has 92 valence electrons. The maximum Gasteiger partial charge on any atom is 0.330 e. The summed E-state index contributed by atoms with van der Waals surface area (Å²) in [5, 5.41) is 11.7. The zero-order valence-corrected chi connectivity index (χ0v) is 9.74. The van der Waals surface area contributed by atoms with E-state index in [1.54, 1.807) is 25.1 Å². The Kier molecular flexibility index (Phi) is 5.36. The molecular weight excluding hydrogens is 221 g/mol. The number of halogens is 1. The summed E-state index contributed by atoms with van der Waals surface area (Å²) in [6.07, 6.45) is 2.42. The minimum absolute atomic E-state index is 0.235. The van der Waals surface area contributed by atoms with Crippen LogP contribution in [0.1, 0.15) is 12.5 Å². The molecule has 1 aromatic rings. The first-order chi connectivity index (χ1) is 8.09. The van der Waals surface area contributed by atoms with E-state index >= 15 is 0 Å². The first-order valence-corrected chi connectivity index (χ1v) is 5.45. The molecule has 0 atom stereocenters. The Morgan fingerprint density at radius 2 is 2.06 bits per heavy atom. The van der Waals surface area contributed by atoms with Crippen molar-refractivity contribution in [3.05, 3.63) is 47.3 Å². The molecule has 0 saturated carbocycles. The summed E-state index contributed by atoms with van der Waals surface area (Å²) in [6, 6.07) is 6.36. The fourth-order valence-electron chi connectivity index (χ4n) is 1.30. The van der Waals surface area contributed by atoms with Crippen molar-refractivity contribution in [3.63, 3.8) is 0 Å². The molecule has 0 aromatic heterocycles. The third-order valence-electron chi connectivity index (χ3n) is 2.39. The standard InChI is InChI=1S/C13H16FNO2/c1-10(13(16)17)6-8-15-9-7-11-2-4-12(14)5-3-11/h2-6,15H,7-9H2,1H3,(H,16,17)/b10-6-. The van der Waals surface area contributed by atoms with Crippen LogP contribution in [-0.2, 0) is 11.2 Å². The second kappa shape index (κ2) is 6.81. The highest BCUT2D eigenvalue weighted by molar-refractivity contribution is 5.85. The number of hydrogen-bond donors (Lipinski definition) is 2. The van der Waals surface area contributed by atoms with Crippen LogP contribution in [0.25, 0.3) is 0 Å². The van der Waals surface area contributed by atoms with Crippen LogP contribution < -0.4 is 5.32 Å². The lowest BCUT2D eigenvalue weighted by Crippen LogP contribution is -2.17. The van der Waals surface area contributed by atoms with E-state index in [1.807, 2.05) is 0 Å². The quantitative estimate of drug-likeness (QED) is 0.587. The number of carbonyl (C=O) groups is 1. The third kappa shape index (κ3) is 5.26. The van der Waals surface area contributed by atoms with Crippen molar-refractivity contribution >= 4 is 5.97 Å². The molecule has 0 unspecified atom stereocenters. The lowest BCUT2D eigenvalue weighted by atomic mass is 10.1. The van der Waals surface area contributed by atoms with Crippen LogP contribution >= 0.6 is 0 Å². The third-order valence-corrected chi connectivity index (χ3v) is 2.39. The Morgan fingerprint density at radius 3 is 2.65 bits per heavy atom. The maximum atomic E-state index is 12.6. The van der Waals surface area contributed by atoms with E-state index in [2.05, 4.69) is 5.32 Å². The Morgan fingerprint density at radius 1 is 1.41 bits per heavy atom. The van der Waals surface area contributed by atoms with Gasteiger partial charge in [0.25, 0.3) is 0 Å². The molecule has 0 aliphatic rings. The largest absolute Gasteiger partial charge is 0.478 e. The summed E-state index contributed by atoms with van der Waals surface area (Å²) in [5.74, 6) is -1.13. The Labute approximate surface area is 100.0 Å². The van der Waals surface area contributed by atoms with E-state index in [9.17, 15) is 9.18 Å². The number of nitrogens with one attached hydrogen (secondary N) is 1.